The number of fused-ring (bicyclic) bond motifs is 6. The van der Waals surface area contributed by atoms with Gasteiger partial charge in [0.05, 0.1) is 105 Å². The van der Waals surface area contributed by atoms with Crippen molar-refractivity contribution in [2.45, 2.75) is 242 Å². The normalized spacial score (nSPS) is 30.9. The van der Waals surface area contributed by atoms with E-state index in [1.807, 2.05) is 38.2 Å². The van der Waals surface area contributed by atoms with Gasteiger partial charge in [-0.05, 0) is 166 Å². The number of sulfonamides is 2. The van der Waals surface area contributed by atoms with E-state index in [0.717, 1.165) is 0 Å². The quantitative estimate of drug-likeness (QED) is 0.0531. The number of ketones is 2. The number of rotatable bonds is 18. The van der Waals surface area contributed by atoms with Crippen molar-refractivity contribution in [3.63, 3.8) is 0 Å². The van der Waals surface area contributed by atoms with Crippen LogP contribution < -0.4 is 28.4 Å². The number of benzene rings is 2. The van der Waals surface area contributed by atoms with Gasteiger partial charge in [0.1, 0.15) is 23.7 Å². The van der Waals surface area contributed by atoms with Gasteiger partial charge in [0.15, 0.2) is 11.6 Å². The van der Waals surface area contributed by atoms with E-state index >= 15 is 0 Å². The van der Waals surface area contributed by atoms with Crippen LogP contribution in [0.2, 0.25) is 0 Å². The zero-order valence-electron chi connectivity index (χ0n) is 71.4. The summed E-state index contributed by atoms with van der Waals surface area (Å²) in [5.41, 5.74) is -8.55. The van der Waals surface area contributed by atoms with E-state index in [1.165, 1.54) is 22.2 Å². The Kier molecular flexibility index (Phi) is 22.3. The zero-order chi connectivity index (χ0) is 88.4. The maximum atomic E-state index is 14.9. The first kappa shape index (κ1) is 78.1. The van der Waals surface area contributed by atoms with Gasteiger partial charge in [0.25, 0.3) is 0 Å². The van der Waals surface area contributed by atoms with Crippen molar-refractivity contribution in [3.8, 4) is 23.3 Å². The number of alkyl halides is 6. The third-order valence-electron chi connectivity index (χ3n) is 24.7. The predicted octanol–water partition coefficient (Wildman–Crippen LogP) is 12.9. The van der Waals surface area contributed by atoms with Crippen LogP contribution in [-0.2, 0) is 67.9 Å². The number of ether oxygens (including phenoxy) is 6. The van der Waals surface area contributed by atoms with Crippen molar-refractivity contribution in [1.29, 1.82) is 0 Å². The second-order valence-electron chi connectivity index (χ2n) is 34.3. The van der Waals surface area contributed by atoms with Crippen LogP contribution in [0.5, 0.6) is 23.3 Å². The number of esters is 2. The zero-order valence-corrected chi connectivity index (χ0v) is 67.0. The molecule has 12 rings (SSSR count). The lowest BCUT2D eigenvalue weighted by atomic mass is 9.82. The van der Waals surface area contributed by atoms with Gasteiger partial charge in [-0.2, -0.15) is 26.3 Å². The van der Waals surface area contributed by atoms with Crippen molar-refractivity contribution < 1.29 is 118 Å². The second-order valence-corrected chi connectivity index (χ2v) is 38.7. The fourth-order valence-electron chi connectivity index (χ4n) is 16.2. The monoisotopic (exact) mass is 1640 g/mol. The Hall–Kier alpha value is -8.42. The number of pyridine rings is 2. The van der Waals surface area contributed by atoms with Crippen LogP contribution in [0, 0.1) is 58.2 Å². The summed E-state index contributed by atoms with van der Waals surface area (Å²) in [5.74, 6) is -11.2. The summed E-state index contributed by atoms with van der Waals surface area (Å²) in [6.07, 6.45) is 0.711. The van der Waals surface area contributed by atoms with Crippen LogP contribution in [0.15, 0.2) is 85.2 Å². The number of hydrogen-bond acceptors (Lipinski definition) is 20. The molecule has 2 aromatic heterocycles. The summed E-state index contributed by atoms with van der Waals surface area (Å²) >= 11 is 0. The van der Waals surface area contributed by atoms with Crippen molar-refractivity contribution in [3.05, 3.63) is 85.2 Å². The second kappa shape index (κ2) is 32.6. The highest BCUT2D eigenvalue weighted by Crippen LogP contribution is 2.60. The Balaban J connectivity index is 0.000000235. The van der Waals surface area contributed by atoms with Gasteiger partial charge in [0.2, 0.25) is 66.6 Å². The van der Waals surface area contributed by atoms with Gasteiger partial charge in [-0.15, -0.1) is 0 Å². The molecule has 2 aromatic carbocycles. The van der Waals surface area contributed by atoms with Gasteiger partial charge in [-0.3, -0.25) is 47.8 Å². The van der Waals surface area contributed by atoms with E-state index in [4.69, 9.17) is 36.6 Å². The van der Waals surface area contributed by atoms with Crippen LogP contribution in [0.4, 0.5) is 26.3 Å². The molecule has 2 N–H and O–H groups in total. The average molecular weight is 1650 g/mol. The number of methoxy groups -OCH3 is 2. The van der Waals surface area contributed by atoms with Crippen LogP contribution >= 0.6 is 0 Å². The van der Waals surface area contributed by atoms with E-state index < -0.39 is 211 Å². The minimum atomic E-state index is -4.90. The number of amides is 4. The Labute approximate surface area is 669 Å². The van der Waals surface area contributed by atoms with Crippen LogP contribution in [0.25, 0.3) is 21.5 Å². The number of nitrogens with zero attached hydrogens (tertiary/aromatic N) is 4. The summed E-state index contributed by atoms with van der Waals surface area (Å²) in [6.45, 7) is 12.8. The van der Waals surface area contributed by atoms with Gasteiger partial charge in [-0.1, -0.05) is 88.4 Å². The largest absolute Gasteiger partial charge is 0.494 e. The number of hydrogen-bond donors (Lipinski definition) is 2. The maximum Gasteiger partial charge on any atom is 0.427 e. The molecule has 4 aromatic rings. The lowest BCUT2D eigenvalue weighted by Crippen LogP contribution is -2.48. The lowest BCUT2D eigenvalue weighted by Gasteiger charge is -2.33. The standard InChI is InChI=1S/2C41H52F3N3O9S/c2*1-24-11-7-8-12-26-20-40(26,37(51)46-57(52,53)39(5)15-16-39)21-32(48)31-18-27(55-35-29-14-10-9-13-28(29)33(54-6)22-45-35)23-47(31)36(50)30(25(2)17-24)19-34(49)56-38(3,4)41(42,43)44/h2*8-10,12-14,22,24-27,30-31H,7,11,15-21,23H2,1-6H3,(H,46,51)/b2*12-8-/t24-,25+,26+,27+,30-,31-,40+;24-,25-,26-,27-,30+,31+,40-/m01/s1/i2*6D3. The van der Waals surface area contributed by atoms with E-state index in [2.05, 4.69) is 19.4 Å². The summed E-state index contributed by atoms with van der Waals surface area (Å²) in [6, 6.07) is 10.6. The number of Topliss-reactive ketones (excluding diaryl/α,β-unsaturated/α-hetero) is 2. The van der Waals surface area contributed by atoms with Crippen molar-refractivity contribution >= 4 is 88.7 Å². The Morgan fingerprint density at radius 1 is 0.553 bits per heavy atom. The molecule has 0 unspecified atom stereocenters. The molecule has 32 heteroatoms. The Morgan fingerprint density at radius 3 is 1.24 bits per heavy atom. The molecule has 4 saturated carbocycles. The first-order chi connectivity index (χ1) is 55.5. The topological polar surface area (TPSA) is 317 Å². The fourth-order valence-corrected chi connectivity index (χ4v) is 18.9. The number of aromatic nitrogens is 2. The SMILES string of the molecule is [2H]C([2H])([2H])Oc1cnc(O[C@@H]2C[C@H]3C(=O)C[C@]4(C(=O)NS(=O)(=O)C5(C)CC5)C[C@H]4/C=C\CC[C@@H](C)C[C@@H](C)[C@H](CC(=O)OC(C)(C)C(F)(F)F)C(=O)N3C2)c2ccccc12.[2H]C([2H])([2H])Oc1cnc(O[C@@H]2C[C@H]3C(=O)C[C@]4(C(=O)NS(=O)(=O)C5(C)CC5)C[C@H]4/C=C\CC[C@H](C)C[C@@H](C)[C@H](CC(=O)OC(C)(C)C(F)(F)F)C(=O)N3C2)c2ccccc12. The highest BCUT2D eigenvalue weighted by molar-refractivity contribution is 7.92. The predicted molar refractivity (Wildman–Crippen MR) is 407 cm³/mol. The molecule has 4 amide bonds. The first-order valence-electron chi connectivity index (χ1n) is 41.7. The third-order valence-corrected chi connectivity index (χ3v) is 29.0. The molecule has 0 spiro atoms. The molecular weight excluding hydrogens is 1540 g/mol. The Morgan fingerprint density at radius 2 is 0.904 bits per heavy atom. The summed E-state index contributed by atoms with van der Waals surface area (Å²) < 4.78 is 216. The van der Waals surface area contributed by atoms with E-state index in [9.17, 15) is 81.5 Å². The molecule has 24 nitrogen and oxygen atoms in total. The summed E-state index contributed by atoms with van der Waals surface area (Å²) in [7, 11) is -13.7. The van der Waals surface area contributed by atoms with Gasteiger partial charge >= 0.3 is 24.3 Å². The molecule has 8 aliphatic rings. The smallest absolute Gasteiger partial charge is 0.427 e. The summed E-state index contributed by atoms with van der Waals surface area (Å²) in [5, 5.41) is 1.45. The molecule has 2 saturated heterocycles. The van der Waals surface area contributed by atoms with Gasteiger partial charge in [0, 0.05) is 47.2 Å². The van der Waals surface area contributed by atoms with Gasteiger partial charge in [-0.25, -0.2) is 26.8 Å². The number of carbonyl (C=O) groups is 8. The molecule has 624 valence electrons. The maximum absolute atomic E-state index is 14.9. The highest BCUT2D eigenvalue weighted by Gasteiger charge is 2.65. The van der Waals surface area contributed by atoms with Crippen LogP contribution in [0.3, 0.4) is 0 Å². The highest BCUT2D eigenvalue weighted by atomic mass is 32.2. The van der Waals surface area contributed by atoms with Crippen LogP contribution in [0.1, 0.15) is 193 Å². The van der Waals surface area contributed by atoms with E-state index in [-0.39, 0.29) is 73.9 Å². The minimum absolute atomic E-state index is 0.0203. The third kappa shape index (κ3) is 18.4. The average Bonchev–Trinajstić information content (AvgIpc) is 1.57. The van der Waals surface area contributed by atoms with Crippen molar-refractivity contribution in [2.24, 2.45) is 58.2 Å². The molecule has 0 bridgehead atoms. The molecule has 6 heterocycles. The lowest BCUT2D eigenvalue weighted by molar-refractivity contribution is -0.257. The number of halogens is 6. The molecule has 4 aliphatic heterocycles. The first-order valence-corrected chi connectivity index (χ1v) is 41.7. The molecule has 4 aliphatic carbocycles. The van der Waals surface area contributed by atoms with Crippen molar-refractivity contribution in [2.75, 3.05) is 27.2 Å². The van der Waals surface area contributed by atoms with E-state index in [0.29, 0.717) is 113 Å². The van der Waals surface area contributed by atoms with Crippen LogP contribution in [-0.4, -0.2) is 168 Å². The number of carbonyl (C=O) groups excluding carboxylic acids is 8. The molecular formula is C82H104F6N6O18S2. The van der Waals surface area contributed by atoms with Crippen molar-refractivity contribution in [1.82, 2.24) is 29.2 Å². The number of allylic oxidation sites excluding steroid dienone is 4. The minimum Gasteiger partial charge on any atom is -0.494 e. The molecule has 6 fully saturated rings. The summed E-state index contributed by atoms with van der Waals surface area (Å²) in [4.78, 5) is 125. The molecule has 0 radical (unpaired) electrons. The van der Waals surface area contributed by atoms with Gasteiger partial charge < -0.3 is 38.2 Å². The molecule has 14 atom stereocenters. The van der Waals surface area contributed by atoms with E-state index in [1.54, 1.807) is 76.2 Å². The fraction of sp³-hybridized carbons (Fsp3) is 0.634. The Bertz CT molecular complexity index is 4630. The number of nitrogens with one attached hydrogen (secondary N) is 2. The molecule has 114 heavy (non-hydrogen) atoms.